The second-order valence-electron chi connectivity index (χ2n) is 7.49. The summed E-state index contributed by atoms with van der Waals surface area (Å²) >= 11 is 0. The van der Waals surface area contributed by atoms with E-state index in [4.69, 9.17) is 4.42 Å². The first-order valence-corrected chi connectivity index (χ1v) is 9.78. The number of carbonyl (C=O) groups is 2. The zero-order valence-electron chi connectivity index (χ0n) is 16.4. The molecule has 0 aromatic carbocycles. The third kappa shape index (κ3) is 4.18. The van der Waals surface area contributed by atoms with Gasteiger partial charge in [0.25, 0.3) is 5.91 Å². The summed E-state index contributed by atoms with van der Waals surface area (Å²) in [6.07, 6.45) is 7.53. The Kier molecular flexibility index (Phi) is 6.02. The maximum Gasteiger partial charge on any atom is 0.256 e. The Morgan fingerprint density at radius 1 is 1.29 bits per heavy atom. The highest BCUT2D eigenvalue weighted by molar-refractivity contribution is 5.99. The number of nitrogens with zero attached hydrogens (tertiary/aromatic N) is 1. The van der Waals surface area contributed by atoms with Gasteiger partial charge in [-0.25, -0.2) is 0 Å². The van der Waals surface area contributed by atoms with Gasteiger partial charge in [0, 0.05) is 18.3 Å². The van der Waals surface area contributed by atoms with Gasteiger partial charge < -0.3 is 19.6 Å². The van der Waals surface area contributed by atoms with E-state index in [1.54, 1.807) is 25.3 Å². The third-order valence-electron chi connectivity index (χ3n) is 5.63. The van der Waals surface area contributed by atoms with E-state index in [1.807, 2.05) is 6.92 Å². The summed E-state index contributed by atoms with van der Waals surface area (Å²) in [4.78, 5) is 42.0. The van der Waals surface area contributed by atoms with Crippen LogP contribution in [0.4, 0.5) is 0 Å². The third-order valence-corrected chi connectivity index (χ3v) is 5.63. The van der Waals surface area contributed by atoms with Crippen LogP contribution in [0.2, 0.25) is 0 Å². The second kappa shape index (κ2) is 8.46. The van der Waals surface area contributed by atoms with Crippen molar-refractivity contribution in [3.63, 3.8) is 0 Å². The van der Waals surface area contributed by atoms with Crippen molar-refractivity contribution >= 4 is 11.8 Å². The van der Waals surface area contributed by atoms with E-state index in [0.717, 1.165) is 25.7 Å². The lowest BCUT2D eigenvalue weighted by atomic mass is 9.93. The Hall–Kier alpha value is -2.83. The zero-order valence-corrected chi connectivity index (χ0v) is 16.4. The van der Waals surface area contributed by atoms with Crippen LogP contribution in [0.5, 0.6) is 0 Å². The van der Waals surface area contributed by atoms with Crippen molar-refractivity contribution in [3.8, 4) is 0 Å². The lowest BCUT2D eigenvalue weighted by Gasteiger charge is -2.39. The number of aromatic nitrogens is 1. The average molecular weight is 385 g/mol. The lowest BCUT2D eigenvalue weighted by Crippen LogP contribution is -2.59. The van der Waals surface area contributed by atoms with Crippen LogP contribution in [-0.4, -0.2) is 33.3 Å². The molecule has 150 valence electrons. The molecule has 0 saturated heterocycles. The summed E-state index contributed by atoms with van der Waals surface area (Å²) in [7, 11) is 0. The number of rotatable bonds is 7. The molecule has 2 N–H and O–H groups in total. The number of hydrogen-bond acceptors (Lipinski definition) is 4. The number of hydrogen-bond donors (Lipinski definition) is 2. The number of H-pyrrole nitrogens is 1. The lowest BCUT2D eigenvalue weighted by molar-refractivity contribution is -0.132. The van der Waals surface area contributed by atoms with Gasteiger partial charge >= 0.3 is 0 Å². The van der Waals surface area contributed by atoms with Crippen LogP contribution in [0.1, 0.15) is 62.1 Å². The Morgan fingerprint density at radius 2 is 2.04 bits per heavy atom. The van der Waals surface area contributed by atoms with E-state index in [9.17, 15) is 14.4 Å². The molecule has 2 aromatic heterocycles. The first kappa shape index (κ1) is 19.9. The van der Waals surface area contributed by atoms with Gasteiger partial charge in [-0.1, -0.05) is 19.8 Å². The van der Waals surface area contributed by atoms with E-state index in [-0.39, 0.29) is 30.0 Å². The minimum absolute atomic E-state index is 0.159. The minimum Gasteiger partial charge on any atom is -0.467 e. The van der Waals surface area contributed by atoms with Gasteiger partial charge in [0.2, 0.25) is 11.5 Å². The van der Waals surface area contributed by atoms with Crippen molar-refractivity contribution in [1.82, 2.24) is 15.2 Å². The molecule has 2 aromatic rings. The van der Waals surface area contributed by atoms with Crippen molar-refractivity contribution in [2.75, 3.05) is 0 Å². The summed E-state index contributed by atoms with van der Waals surface area (Å²) in [6, 6.07) is 6.46. The molecule has 1 unspecified atom stereocenters. The molecular weight excluding hydrogens is 358 g/mol. The predicted molar refractivity (Wildman–Crippen MR) is 105 cm³/mol. The molecule has 1 aliphatic carbocycles. The average Bonchev–Trinajstić information content (AvgIpc) is 3.39. The second-order valence-corrected chi connectivity index (χ2v) is 7.49. The number of amides is 2. The first-order chi connectivity index (χ1) is 13.4. The molecule has 0 bridgehead atoms. The fourth-order valence-corrected chi connectivity index (χ4v) is 3.61. The van der Waals surface area contributed by atoms with Crippen LogP contribution in [-0.2, 0) is 11.3 Å². The fraction of sp³-hybridized carbons (Fsp3) is 0.476. The molecular formula is C21H27N3O4. The molecule has 2 heterocycles. The monoisotopic (exact) mass is 385 g/mol. The Morgan fingerprint density at radius 3 is 2.61 bits per heavy atom. The van der Waals surface area contributed by atoms with Crippen LogP contribution in [0.3, 0.4) is 0 Å². The Labute approximate surface area is 164 Å². The fourth-order valence-electron chi connectivity index (χ4n) is 3.61. The van der Waals surface area contributed by atoms with Crippen LogP contribution in [0.25, 0.3) is 0 Å². The number of carbonyl (C=O) groups excluding carboxylic acids is 2. The number of aromatic amines is 1. The molecule has 28 heavy (non-hydrogen) atoms. The highest BCUT2D eigenvalue weighted by atomic mass is 16.3. The van der Waals surface area contributed by atoms with E-state index in [2.05, 4.69) is 10.3 Å². The molecule has 1 fully saturated rings. The SMILES string of the molecule is CCC(C)(C(=O)NC1CCCC1)N(Cc1ccco1)C(=O)c1ccc(=O)[nH]c1. The highest BCUT2D eigenvalue weighted by Gasteiger charge is 2.42. The molecule has 1 saturated carbocycles. The van der Waals surface area contributed by atoms with Crippen LogP contribution >= 0.6 is 0 Å². The summed E-state index contributed by atoms with van der Waals surface area (Å²) < 4.78 is 5.44. The Bertz CT molecular complexity index is 848. The van der Waals surface area contributed by atoms with Gasteiger partial charge in [0.1, 0.15) is 11.3 Å². The van der Waals surface area contributed by atoms with E-state index >= 15 is 0 Å². The van der Waals surface area contributed by atoms with Crippen LogP contribution in [0.15, 0.2) is 45.9 Å². The Balaban J connectivity index is 1.92. The van der Waals surface area contributed by atoms with Gasteiger partial charge in [-0.15, -0.1) is 0 Å². The predicted octanol–water partition coefficient (Wildman–Crippen LogP) is 2.84. The van der Waals surface area contributed by atoms with Crippen molar-refractivity contribution in [2.24, 2.45) is 0 Å². The standard InChI is InChI=1S/C21H27N3O4/c1-3-21(2,20(27)23-16-7-4-5-8-16)24(14-17-9-6-12-28-17)19(26)15-10-11-18(25)22-13-15/h6,9-13,16H,3-5,7-8,14H2,1-2H3,(H,22,25)(H,23,27). The van der Waals surface area contributed by atoms with E-state index < -0.39 is 5.54 Å². The molecule has 7 nitrogen and oxygen atoms in total. The van der Waals surface area contributed by atoms with Crippen molar-refractivity contribution < 1.29 is 14.0 Å². The highest BCUT2D eigenvalue weighted by Crippen LogP contribution is 2.27. The quantitative estimate of drug-likeness (QED) is 0.766. The topological polar surface area (TPSA) is 95.4 Å². The summed E-state index contributed by atoms with van der Waals surface area (Å²) in [6.45, 7) is 3.83. The van der Waals surface area contributed by atoms with Crippen molar-refractivity contribution in [1.29, 1.82) is 0 Å². The largest absolute Gasteiger partial charge is 0.467 e. The first-order valence-electron chi connectivity index (χ1n) is 9.78. The zero-order chi connectivity index (χ0) is 20.1. The summed E-state index contributed by atoms with van der Waals surface area (Å²) in [5.41, 5.74) is -1.02. The number of pyridine rings is 1. The number of nitrogens with one attached hydrogen (secondary N) is 2. The number of furan rings is 1. The van der Waals surface area contributed by atoms with Gasteiger partial charge in [-0.2, -0.15) is 0 Å². The van der Waals surface area contributed by atoms with Crippen molar-refractivity contribution in [3.05, 3.63) is 58.4 Å². The van der Waals surface area contributed by atoms with Crippen molar-refractivity contribution in [2.45, 2.75) is 64.1 Å². The van der Waals surface area contributed by atoms with Gasteiger partial charge in [0.15, 0.2) is 0 Å². The smallest absolute Gasteiger partial charge is 0.256 e. The maximum absolute atomic E-state index is 13.3. The molecule has 2 amide bonds. The van der Waals surface area contributed by atoms with Gasteiger partial charge in [0.05, 0.1) is 18.4 Å². The molecule has 1 atom stereocenters. The maximum atomic E-state index is 13.3. The minimum atomic E-state index is -1.05. The molecule has 0 spiro atoms. The van der Waals surface area contributed by atoms with Gasteiger partial charge in [-0.3, -0.25) is 14.4 Å². The van der Waals surface area contributed by atoms with E-state index in [1.165, 1.54) is 23.2 Å². The van der Waals surface area contributed by atoms with E-state index in [0.29, 0.717) is 17.7 Å². The van der Waals surface area contributed by atoms with Gasteiger partial charge in [-0.05, 0) is 44.4 Å². The normalized spacial score (nSPS) is 16.5. The summed E-state index contributed by atoms with van der Waals surface area (Å²) in [5.74, 6) is 0.0934. The molecule has 0 aliphatic heterocycles. The van der Waals surface area contributed by atoms with Crippen LogP contribution < -0.4 is 10.9 Å². The molecule has 3 rings (SSSR count). The van der Waals surface area contributed by atoms with Crippen LogP contribution in [0, 0.1) is 0 Å². The molecule has 7 heteroatoms. The molecule has 0 radical (unpaired) electrons. The molecule has 1 aliphatic rings. The summed E-state index contributed by atoms with van der Waals surface area (Å²) in [5, 5.41) is 3.12.